The van der Waals surface area contributed by atoms with Gasteiger partial charge in [-0.1, -0.05) is 134 Å². The summed E-state index contributed by atoms with van der Waals surface area (Å²) >= 11 is 0. The summed E-state index contributed by atoms with van der Waals surface area (Å²) in [6.45, 7) is 0.223. The molecule has 2 aliphatic heterocycles. The molecule has 16 heteroatoms. The standard InChI is InChI=1S/C77H89N3O9S4/c78-74(79)63-35-52-5-2-7-68-60(25-30-80-68)71(85)38-64-61(52)37-55(63)42-90-91-43-56-40-75(29-24-57(82)19-15-50-18-22-70(84)72(34-50)89-31-26-51-17-21-69(83)65(64)33-51)28-23-53-39-76(87)27-3-6-59-62(53)36-54-32-49(14-13-48-11-9-47(10-12-48)4-1-8-73(76)86)16-20-58(54)66(41-81)67(59)44-92-93-46-77(56,88)45-75/h9-12,16-18,20-22,24-25,29-30,32-35,37,53,56,59,62,64,66-67,73-74,80-81,83-84,86-88H,1,3-4,6-8,13-15,19,23,26-28,31,36,38-46,78-79H2/b29-24+/t53-,56-,59+,62-,64+,66-,67-,73+,75+,76-,77-/m0/s1. The monoisotopic (exact) mass is 1330 g/mol. The Morgan fingerprint density at radius 1 is 0.677 bits per heavy atom. The van der Waals surface area contributed by atoms with Gasteiger partial charge in [-0.25, -0.2) is 0 Å². The van der Waals surface area contributed by atoms with Crippen LogP contribution in [0.15, 0.2) is 115 Å². The molecule has 1 spiro atoms. The minimum Gasteiger partial charge on any atom is -0.508 e. The molecule has 3 fully saturated rings. The molecule has 6 aliphatic carbocycles. The number of fused-ring (bicyclic) bond motifs is 16. The fourth-order valence-electron chi connectivity index (χ4n) is 17.2. The van der Waals surface area contributed by atoms with E-state index in [0.29, 0.717) is 97.5 Å². The van der Waals surface area contributed by atoms with Crippen molar-refractivity contribution < 1.29 is 45.0 Å². The van der Waals surface area contributed by atoms with Crippen LogP contribution in [-0.4, -0.2) is 95.0 Å². The third-order valence-corrected chi connectivity index (χ3v) is 27.3. The van der Waals surface area contributed by atoms with E-state index in [1.54, 1.807) is 68.9 Å². The Hall–Kier alpha value is -5.42. The Labute approximate surface area is 563 Å². The number of carbonyl (C=O) groups excluding carboxylic acids is 2. The van der Waals surface area contributed by atoms with Gasteiger partial charge in [-0.3, -0.25) is 9.59 Å². The number of aromatic amines is 1. The lowest BCUT2D eigenvalue weighted by Crippen LogP contribution is -2.48. The van der Waals surface area contributed by atoms with Crippen LogP contribution in [0.2, 0.25) is 0 Å². The van der Waals surface area contributed by atoms with Crippen LogP contribution in [-0.2, 0) is 55.5 Å². The second kappa shape index (κ2) is 28.7. The van der Waals surface area contributed by atoms with Crippen molar-refractivity contribution in [1.29, 1.82) is 0 Å². The van der Waals surface area contributed by atoms with Crippen molar-refractivity contribution in [3.8, 4) is 29.1 Å². The predicted molar refractivity (Wildman–Crippen MR) is 376 cm³/mol. The number of nitrogens with two attached hydrogens (primary N) is 2. The maximum absolute atomic E-state index is 14.5. The van der Waals surface area contributed by atoms with Crippen LogP contribution >= 0.6 is 43.2 Å². The molecule has 18 bridgehead atoms. The number of aryl methyl sites for hydroxylation is 4. The number of carbonyl (C=O) groups is 2. The number of rotatable bonds is 2. The van der Waals surface area contributed by atoms with Crippen LogP contribution < -0.4 is 16.2 Å². The van der Waals surface area contributed by atoms with E-state index in [2.05, 4.69) is 71.4 Å². The number of H-pyrrole nitrogens is 1. The lowest BCUT2D eigenvalue weighted by atomic mass is 9.62. The van der Waals surface area contributed by atoms with E-state index in [1.807, 2.05) is 35.1 Å². The molecule has 6 aromatic rings. The van der Waals surface area contributed by atoms with Gasteiger partial charge in [-0.05, 0) is 217 Å². The minimum absolute atomic E-state index is 0.0197. The Bertz CT molecular complexity index is 3800. The van der Waals surface area contributed by atoms with Crippen molar-refractivity contribution in [1.82, 2.24) is 4.98 Å². The average Bonchev–Trinajstić information content (AvgIpc) is 1.72. The molecule has 0 amide bonds. The van der Waals surface area contributed by atoms with E-state index in [0.717, 1.165) is 90.6 Å². The number of Topliss-reactive ketones (excluding diaryl/α,β-unsaturated/α-hetero) is 1. The van der Waals surface area contributed by atoms with Crippen LogP contribution in [0, 0.1) is 46.8 Å². The van der Waals surface area contributed by atoms with Gasteiger partial charge < -0.3 is 51.8 Å². The summed E-state index contributed by atoms with van der Waals surface area (Å²) in [5.74, 6) is 8.92. The number of ketones is 2. The van der Waals surface area contributed by atoms with Crippen LogP contribution in [0.5, 0.6) is 17.2 Å². The summed E-state index contributed by atoms with van der Waals surface area (Å²) in [6, 6.07) is 32.4. The second-order valence-electron chi connectivity index (χ2n) is 28.2. The first-order chi connectivity index (χ1) is 45.0. The van der Waals surface area contributed by atoms with Crippen LogP contribution in [0.3, 0.4) is 0 Å². The van der Waals surface area contributed by atoms with Crippen LogP contribution in [0.4, 0.5) is 0 Å². The normalized spacial score (nSPS) is 30.1. The number of benzene rings is 5. The Balaban J connectivity index is 0.877. The van der Waals surface area contributed by atoms with Gasteiger partial charge in [0.15, 0.2) is 23.1 Å². The molecule has 2 saturated carbocycles. The largest absolute Gasteiger partial charge is 0.508 e. The van der Waals surface area contributed by atoms with E-state index in [4.69, 9.17) is 16.2 Å². The van der Waals surface area contributed by atoms with Gasteiger partial charge in [-0.2, -0.15) is 0 Å². The van der Waals surface area contributed by atoms with Gasteiger partial charge >= 0.3 is 0 Å². The van der Waals surface area contributed by atoms with E-state index >= 15 is 0 Å². The maximum Gasteiger partial charge on any atom is 0.165 e. The summed E-state index contributed by atoms with van der Waals surface area (Å²) < 4.78 is 6.30. The van der Waals surface area contributed by atoms with Crippen molar-refractivity contribution in [3.63, 3.8) is 0 Å². The van der Waals surface area contributed by atoms with E-state index in [1.165, 1.54) is 27.8 Å². The third-order valence-electron chi connectivity index (χ3n) is 22.3. The summed E-state index contributed by atoms with van der Waals surface area (Å²) in [5, 5.41) is 73.9. The molecule has 93 heavy (non-hydrogen) atoms. The molecule has 14 rings (SSSR count). The highest BCUT2D eigenvalue weighted by Crippen LogP contribution is 2.59. The van der Waals surface area contributed by atoms with Crippen molar-refractivity contribution in [3.05, 3.63) is 193 Å². The highest BCUT2D eigenvalue weighted by atomic mass is 33.1. The Morgan fingerprint density at radius 2 is 1.43 bits per heavy atom. The van der Waals surface area contributed by atoms with E-state index < -0.39 is 34.8 Å². The molecule has 1 aromatic heterocycles. The number of nitrogens with one attached hydrogen (secondary N) is 1. The number of aromatic hydroxyl groups is 2. The summed E-state index contributed by atoms with van der Waals surface area (Å²) in [4.78, 5) is 32.3. The molecule has 3 heterocycles. The molecule has 0 radical (unpaired) electrons. The molecule has 11 N–H and O–H groups in total. The van der Waals surface area contributed by atoms with Crippen molar-refractivity contribution in [2.75, 3.05) is 30.5 Å². The van der Waals surface area contributed by atoms with E-state index in [-0.39, 0.29) is 84.6 Å². The molecule has 1 saturated heterocycles. The number of allylic oxidation sites excluding steroid dienone is 2. The zero-order valence-corrected chi connectivity index (χ0v) is 56.3. The number of aliphatic hydroxyl groups is 4. The molecule has 0 unspecified atom stereocenters. The highest BCUT2D eigenvalue weighted by molar-refractivity contribution is 8.77. The van der Waals surface area contributed by atoms with Gasteiger partial charge in [0.25, 0.3) is 0 Å². The first kappa shape index (κ1) is 66.2. The first-order valence-corrected chi connectivity index (χ1v) is 38.8. The van der Waals surface area contributed by atoms with Gasteiger partial charge in [0.2, 0.25) is 0 Å². The second-order valence-corrected chi connectivity index (χ2v) is 33.2. The number of phenolic OH excluding ortho intramolecular Hbond substituents is 2. The molecular formula is C77H89N3O9S4. The van der Waals surface area contributed by atoms with Crippen LogP contribution in [0.1, 0.15) is 178 Å². The Morgan fingerprint density at radius 3 is 2.26 bits per heavy atom. The quantitative estimate of drug-likeness (QED) is 0.0446. The molecule has 5 aromatic carbocycles. The van der Waals surface area contributed by atoms with Crippen LogP contribution in [0.25, 0.3) is 0 Å². The summed E-state index contributed by atoms with van der Waals surface area (Å²) in [6.07, 6.45) is 15.1. The van der Waals surface area contributed by atoms with Crippen molar-refractivity contribution in [2.45, 2.75) is 163 Å². The Kier molecular flexibility index (Phi) is 20.4. The lowest BCUT2D eigenvalue weighted by molar-refractivity contribution is -0.115. The van der Waals surface area contributed by atoms with Crippen molar-refractivity contribution in [2.24, 2.45) is 46.5 Å². The van der Waals surface area contributed by atoms with Gasteiger partial charge in [0.05, 0.1) is 43.1 Å². The summed E-state index contributed by atoms with van der Waals surface area (Å²) in [7, 11) is 6.92. The molecular weight excluding hydrogens is 1240 g/mol. The summed E-state index contributed by atoms with van der Waals surface area (Å²) in [5.41, 5.74) is 23.2. The molecule has 12 nitrogen and oxygen atoms in total. The number of aromatic nitrogens is 1. The lowest BCUT2D eigenvalue weighted by Gasteiger charge is -2.46. The fourth-order valence-corrected chi connectivity index (χ4v) is 22.7. The zero-order chi connectivity index (χ0) is 64.4. The molecule has 490 valence electrons. The number of ether oxygens (including phenoxy) is 1. The maximum atomic E-state index is 14.5. The number of phenols is 2. The molecule has 8 aliphatic rings. The minimum atomic E-state index is -1.32. The average molecular weight is 1330 g/mol. The SMILES string of the molecule is NC(N)c1cc2c3cc1CSSC[C@@H]1C[C@]4(/C=C/C(=O)CCc5ccc(O)c(c5)OCCc5ccc(O)c(c5)[C@@H]3CC(=O)c3cc[nH]c3CC#C2)CC[C@H]2C[C@@]3(O)CCC[C@@H]5[C@H]2Cc2cc(ccc2[C@H](CO)[C@H]5CSSC[C@@]1(O)C4)CCc1ccc(cc1)CCC[C@H]3O. The fraction of sp³-hybridized carbons (Fsp3) is 0.481. The van der Waals surface area contributed by atoms with E-state index in [9.17, 15) is 40.2 Å². The topological polar surface area (TPSA) is 233 Å². The predicted octanol–water partition coefficient (Wildman–Crippen LogP) is 13.1. The number of hydrogen-bond acceptors (Lipinski definition) is 15. The zero-order valence-electron chi connectivity index (χ0n) is 53.0. The smallest absolute Gasteiger partial charge is 0.165 e. The van der Waals surface area contributed by atoms with Gasteiger partial charge in [-0.15, -0.1) is 0 Å². The molecule has 11 atom stereocenters. The number of hydrogen-bond donors (Lipinski definition) is 9. The first-order valence-electron chi connectivity index (χ1n) is 33.8. The third kappa shape index (κ3) is 14.7. The van der Waals surface area contributed by atoms with Gasteiger partial charge in [0, 0.05) is 82.7 Å². The van der Waals surface area contributed by atoms with Gasteiger partial charge in [0.1, 0.15) is 5.75 Å². The highest BCUT2D eigenvalue weighted by Gasteiger charge is 2.54. The number of aliphatic hydroxyl groups excluding tert-OH is 2. The van der Waals surface area contributed by atoms with Crippen molar-refractivity contribution >= 4 is 54.7 Å².